The number of rotatable bonds is 6. The number of thioether (sulfide) groups is 1. The molecular formula is C20H21N3S2. The SMILES string of the molecule is Cc1sc2ncnc(SCCCC#N)c2c1-c1ccc(C(C)C)cc1. The summed E-state index contributed by atoms with van der Waals surface area (Å²) < 4.78 is 0. The summed E-state index contributed by atoms with van der Waals surface area (Å²) >= 11 is 3.45. The molecule has 2 heterocycles. The Balaban J connectivity index is 2.02. The molecule has 0 aliphatic carbocycles. The summed E-state index contributed by atoms with van der Waals surface area (Å²) in [7, 11) is 0. The minimum atomic E-state index is 0.531. The van der Waals surface area contributed by atoms with E-state index in [1.54, 1.807) is 29.4 Å². The Morgan fingerprint density at radius 3 is 2.64 bits per heavy atom. The fourth-order valence-electron chi connectivity index (χ4n) is 2.83. The van der Waals surface area contributed by atoms with Crippen molar-refractivity contribution in [1.29, 1.82) is 5.26 Å². The lowest BCUT2D eigenvalue weighted by atomic mass is 9.98. The second-order valence-electron chi connectivity index (χ2n) is 6.28. The summed E-state index contributed by atoms with van der Waals surface area (Å²) in [5.74, 6) is 1.43. The molecular weight excluding hydrogens is 346 g/mol. The van der Waals surface area contributed by atoms with Gasteiger partial charge < -0.3 is 0 Å². The molecule has 1 aromatic carbocycles. The van der Waals surface area contributed by atoms with Crippen molar-refractivity contribution in [3.63, 3.8) is 0 Å². The van der Waals surface area contributed by atoms with E-state index < -0.39 is 0 Å². The second-order valence-corrected chi connectivity index (χ2v) is 8.57. The van der Waals surface area contributed by atoms with Gasteiger partial charge in [0, 0.05) is 22.6 Å². The molecule has 3 nitrogen and oxygen atoms in total. The number of unbranched alkanes of at least 4 members (excludes halogenated alkanes) is 1. The highest BCUT2D eigenvalue weighted by Gasteiger charge is 2.17. The van der Waals surface area contributed by atoms with Crippen molar-refractivity contribution >= 4 is 33.3 Å². The molecule has 0 radical (unpaired) electrons. The maximum absolute atomic E-state index is 8.71. The second kappa shape index (κ2) is 7.99. The molecule has 2 aromatic heterocycles. The molecule has 25 heavy (non-hydrogen) atoms. The predicted molar refractivity (Wildman–Crippen MR) is 107 cm³/mol. The van der Waals surface area contributed by atoms with E-state index in [1.807, 2.05) is 0 Å². The van der Waals surface area contributed by atoms with E-state index in [0.29, 0.717) is 12.3 Å². The third-order valence-corrected chi connectivity index (χ3v) is 6.26. The van der Waals surface area contributed by atoms with E-state index >= 15 is 0 Å². The van der Waals surface area contributed by atoms with Gasteiger partial charge in [-0.2, -0.15) is 5.26 Å². The zero-order chi connectivity index (χ0) is 17.8. The van der Waals surface area contributed by atoms with E-state index in [9.17, 15) is 0 Å². The lowest BCUT2D eigenvalue weighted by Crippen LogP contribution is -1.90. The van der Waals surface area contributed by atoms with Gasteiger partial charge >= 0.3 is 0 Å². The maximum atomic E-state index is 8.71. The van der Waals surface area contributed by atoms with Crippen molar-refractivity contribution in [3.8, 4) is 17.2 Å². The van der Waals surface area contributed by atoms with Crippen LogP contribution in [0.3, 0.4) is 0 Å². The summed E-state index contributed by atoms with van der Waals surface area (Å²) in [6.45, 7) is 6.58. The molecule has 0 amide bonds. The van der Waals surface area contributed by atoms with Crippen LogP contribution in [-0.4, -0.2) is 15.7 Å². The van der Waals surface area contributed by atoms with Gasteiger partial charge in [-0.1, -0.05) is 38.1 Å². The zero-order valence-electron chi connectivity index (χ0n) is 14.7. The van der Waals surface area contributed by atoms with Crippen LogP contribution in [0.15, 0.2) is 35.6 Å². The van der Waals surface area contributed by atoms with Crippen molar-refractivity contribution in [3.05, 3.63) is 41.0 Å². The van der Waals surface area contributed by atoms with Crippen molar-refractivity contribution in [2.75, 3.05) is 5.75 Å². The first-order valence-electron chi connectivity index (χ1n) is 8.46. The normalized spacial score (nSPS) is 11.2. The van der Waals surface area contributed by atoms with Gasteiger partial charge in [-0.3, -0.25) is 0 Å². The zero-order valence-corrected chi connectivity index (χ0v) is 16.4. The Kier molecular flexibility index (Phi) is 5.72. The van der Waals surface area contributed by atoms with Crippen LogP contribution in [-0.2, 0) is 0 Å². The Morgan fingerprint density at radius 2 is 1.96 bits per heavy atom. The van der Waals surface area contributed by atoms with Crippen LogP contribution < -0.4 is 0 Å². The molecule has 0 saturated heterocycles. The number of thiophene rings is 1. The number of aryl methyl sites for hydroxylation is 1. The Bertz CT molecular complexity index is 905. The van der Waals surface area contributed by atoms with Gasteiger partial charge in [-0.15, -0.1) is 23.1 Å². The van der Waals surface area contributed by atoms with Gasteiger partial charge in [0.1, 0.15) is 16.2 Å². The number of benzene rings is 1. The number of aromatic nitrogens is 2. The van der Waals surface area contributed by atoms with Gasteiger partial charge in [-0.25, -0.2) is 9.97 Å². The quantitative estimate of drug-likeness (QED) is 0.296. The Morgan fingerprint density at radius 1 is 1.20 bits per heavy atom. The van der Waals surface area contributed by atoms with Crippen molar-refractivity contribution in [1.82, 2.24) is 9.97 Å². The van der Waals surface area contributed by atoms with Crippen LogP contribution in [0.4, 0.5) is 0 Å². The molecule has 0 atom stereocenters. The van der Waals surface area contributed by atoms with Crippen molar-refractivity contribution in [2.24, 2.45) is 0 Å². The number of nitriles is 1. The summed E-state index contributed by atoms with van der Waals surface area (Å²) in [5, 5.41) is 10.9. The largest absolute Gasteiger partial charge is 0.229 e. The topological polar surface area (TPSA) is 49.6 Å². The van der Waals surface area contributed by atoms with E-state index in [4.69, 9.17) is 5.26 Å². The summed E-state index contributed by atoms with van der Waals surface area (Å²) in [6, 6.07) is 11.1. The van der Waals surface area contributed by atoms with E-state index in [0.717, 1.165) is 27.4 Å². The van der Waals surface area contributed by atoms with Gasteiger partial charge in [0.2, 0.25) is 0 Å². The fourth-order valence-corrected chi connectivity index (χ4v) is 4.85. The molecule has 0 fully saturated rings. The minimum Gasteiger partial charge on any atom is -0.229 e. The first-order valence-corrected chi connectivity index (χ1v) is 10.3. The van der Waals surface area contributed by atoms with Crippen LogP contribution in [0.1, 0.15) is 43.0 Å². The highest BCUT2D eigenvalue weighted by Crippen LogP contribution is 2.41. The smallest absolute Gasteiger partial charge is 0.128 e. The standard InChI is InChI=1S/C20H21N3S2/c1-13(2)15-6-8-16(9-7-15)17-14(3)25-20-18(17)19(22-12-23-20)24-11-5-4-10-21/h6-9,12-13H,4-5,11H2,1-3H3. The number of nitrogens with zero attached hydrogens (tertiary/aromatic N) is 3. The molecule has 3 rings (SSSR count). The van der Waals surface area contributed by atoms with Gasteiger partial charge in [0.15, 0.2) is 0 Å². The molecule has 0 unspecified atom stereocenters. The van der Waals surface area contributed by atoms with Gasteiger partial charge in [0.25, 0.3) is 0 Å². The summed E-state index contributed by atoms with van der Waals surface area (Å²) in [5.41, 5.74) is 3.82. The molecule has 0 saturated carbocycles. The average molecular weight is 368 g/mol. The van der Waals surface area contributed by atoms with Gasteiger partial charge in [-0.05, 0) is 30.4 Å². The molecule has 0 aliphatic rings. The van der Waals surface area contributed by atoms with Crippen LogP contribution in [0.25, 0.3) is 21.3 Å². The maximum Gasteiger partial charge on any atom is 0.128 e. The van der Waals surface area contributed by atoms with Gasteiger partial charge in [0.05, 0.1) is 11.5 Å². The molecule has 0 N–H and O–H groups in total. The third-order valence-electron chi connectivity index (χ3n) is 4.17. The first kappa shape index (κ1) is 17.9. The average Bonchev–Trinajstić information content (AvgIpc) is 2.95. The summed E-state index contributed by atoms with van der Waals surface area (Å²) in [6.07, 6.45) is 3.12. The molecule has 5 heteroatoms. The fraction of sp³-hybridized carbons (Fsp3) is 0.350. The molecule has 0 bridgehead atoms. The highest BCUT2D eigenvalue weighted by molar-refractivity contribution is 7.99. The van der Waals surface area contributed by atoms with Crippen molar-refractivity contribution < 1.29 is 0 Å². The van der Waals surface area contributed by atoms with Crippen LogP contribution >= 0.6 is 23.1 Å². The molecule has 3 aromatic rings. The van der Waals surface area contributed by atoms with E-state index in [-0.39, 0.29) is 0 Å². The Hall–Kier alpha value is -1.90. The molecule has 128 valence electrons. The number of fused-ring (bicyclic) bond motifs is 1. The summed E-state index contributed by atoms with van der Waals surface area (Å²) in [4.78, 5) is 11.3. The lowest BCUT2D eigenvalue weighted by Gasteiger charge is -2.09. The minimum absolute atomic E-state index is 0.531. The molecule has 0 aliphatic heterocycles. The van der Waals surface area contributed by atoms with Crippen LogP contribution in [0, 0.1) is 18.3 Å². The third kappa shape index (κ3) is 3.86. The number of hydrogen-bond donors (Lipinski definition) is 0. The highest BCUT2D eigenvalue weighted by atomic mass is 32.2. The van der Waals surface area contributed by atoms with Crippen LogP contribution in [0.2, 0.25) is 0 Å². The predicted octanol–water partition coefficient (Wildman–Crippen LogP) is 6.19. The molecule has 0 spiro atoms. The first-order chi connectivity index (χ1) is 12.1. The van der Waals surface area contributed by atoms with Crippen molar-refractivity contribution in [2.45, 2.75) is 44.6 Å². The monoisotopic (exact) mass is 367 g/mol. The lowest BCUT2D eigenvalue weighted by molar-refractivity contribution is 0.867. The van der Waals surface area contributed by atoms with E-state index in [1.165, 1.54) is 21.6 Å². The Labute approximate surface area is 157 Å². The van der Waals surface area contributed by atoms with Crippen LogP contribution in [0.5, 0.6) is 0 Å². The van der Waals surface area contributed by atoms with E-state index in [2.05, 4.69) is 61.1 Å². The number of hydrogen-bond acceptors (Lipinski definition) is 5.